The summed E-state index contributed by atoms with van der Waals surface area (Å²) in [5.41, 5.74) is 2.56. The van der Waals surface area contributed by atoms with Gasteiger partial charge in [-0.25, -0.2) is 0 Å². The van der Waals surface area contributed by atoms with Gasteiger partial charge in [-0.3, -0.25) is 4.90 Å². The van der Waals surface area contributed by atoms with Crippen LogP contribution in [0.3, 0.4) is 0 Å². The van der Waals surface area contributed by atoms with Gasteiger partial charge >= 0.3 is 0 Å². The second-order valence-corrected chi connectivity index (χ2v) is 5.72. The largest absolute Gasteiger partial charge is 0.377 e. The van der Waals surface area contributed by atoms with E-state index >= 15 is 0 Å². The highest BCUT2D eigenvalue weighted by Gasteiger charge is 2.05. The van der Waals surface area contributed by atoms with Crippen LogP contribution in [-0.4, -0.2) is 30.5 Å². The van der Waals surface area contributed by atoms with E-state index in [0.717, 1.165) is 32.7 Å². The van der Waals surface area contributed by atoms with Crippen molar-refractivity contribution in [2.45, 2.75) is 19.6 Å². The van der Waals surface area contributed by atoms with Gasteiger partial charge in [-0.05, 0) is 17.5 Å². The number of hydrogen-bond donors (Lipinski definition) is 0. The van der Waals surface area contributed by atoms with Crippen LogP contribution in [0, 0.1) is 0 Å². The average molecular weight is 318 g/mol. The summed E-state index contributed by atoms with van der Waals surface area (Å²) in [4.78, 5) is 2.38. The van der Waals surface area contributed by atoms with Crippen LogP contribution in [0.25, 0.3) is 0 Å². The molecule has 0 aliphatic heterocycles. The predicted octanol–water partition coefficient (Wildman–Crippen LogP) is 4.33. The highest BCUT2D eigenvalue weighted by Crippen LogP contribution is 2.06. The zero-order valence-electron chi connectivity index (χ0n) is 13.0. The molecule has 0 saturated carbocycles. The lowest BCUT2D eigenvalue weighted by Crippen LogP contribution is -2.27. The summed E-state index contributed by atoms with van der Waals surface area (Å²) in [6.07, 6.45) is 1.02. The van der Waals surface area contributed by atoms with Crippen LogP contribution in [0.15, 0.2) is 60.7 Å². The van der Waals surface area contributed by atoms with E-state index < -0.39 is 0 Å². The van der Waals surface area contributed by atoms with E-state index in [4.69, 9.17) is 16.3 Å². The van der Waals surface area contributed by atoms with Crippen molar-refractivity contribution < 1.29 is 4.74 Å². The molecular weight excluding hydrogens is 294 g/mol. The van der Waals surface area contributed by atoms with Gasteiger partial charge in [0, 0.05) is 32.1 Å². The standard InChI is InChI=1S/C19H24ClNO/c20-12-14-21(16-18-8-3-1-4-9-18)13-7-15-22-17-19-10-5-2-6-11-19/h1-6,8-11H,7,12-17H2. The smallest absolute Gasteiger partial charge is 0.0716 e. The molecule has 2 nitrogen and oxygen atoms in total. The average Bonchev–Trinajstić information content (AvgIpc) is 2.56. The van der Waals surface area contributed by atoms with Gasteiger partial charge in [0.05, 0.1) is 6.61 Å². The van der Waals surface area contributed by atoms with Crippen molar-refractivity contribution in [3.8, 4) is 0 Å². The molecule has 0 fully saturated rings. The predicted molar refractivity (Wildman–Crippen MR) is 93.2 cm³/mol. The van der Waals surface area contributed by atoms with Crippen LogP contribution in [0.5, 0.6) is 0 Å². The second-order valence-electron chi connectivity index (χ2n) is 5.34. The highest BCUT2D eigenvalue weighted by atomic mass is 35.5. The van der Waals surface area contributed by atoms with E-state index in [1.54, 1.807) is 0 Å². The molecule has 0 amide bonds. The monoisotopic (exact) mass is 317 g/mol. The van der Waals surface area contributed by atoms with E-state index in [0.29, 0.717) is 12.5 Å². The van der Waals surface area contributed by atoms with Gasteiger partial charge < -0.3 is 4.74 Å². The van der Waals surface area contributed by atoms with Gasteiger partial charge in [-0.1, -0.05) is 60.7 Å². The summed E-state index contributed by atoms with van der Waals surface area (Å²) in [7, 11) is 0. The van der Waals surface area contributed by atoms with E-state index in [9.17, 15) is 0 Å². The molecule has 2 aromatic rings. The fourth-order valence-electron chi connectivity index (χ4n) is 2.39. The Morgan fingerprint density at radius 3 is 2.09 bits per heavy atom. The lowest BCUT2D eigenvalue weighted by Gasteiger charge is -2.21. The van der Waals surface area contributed by atoms with Crippen LogP contribution in [-0.2, 0) is 17.9 Å². The molecule has 0 N–H and O–H groups in total. The zero-order chi connectivity index (χ0) is 15.5. The minimum Gasteiger partial charge on any atom is -0.377 e. The topological polar surface area (TPSA) is 12.5 Å². The SMILES string of the molecule is ClCCN(CCCOCc1ccccc1)Cc1ccccc1. The zero-order valence-corrected chi connectivity index (χ0v) is 13.7. The molecule has 0 aromatic heterocycles. The maximum absolute atomic E-state index is 5.91. The van der Waals surface area contributed by atoms with E-state index in [1.807, 2.05) is 24.3 Å². The Morgan fingerprint density at radius 2 is 1.45 bits per heavy atom. The van der Waals surface area contributed by atoms with Crippen LogP contribution < -0.4 is 0 Å². The molecule has 0 unspecified atom stereocenters. The molecule has 0 saturated heterocycles. The minimum atomic E-state index is 0.664. The third-order valence-corrected chi connectivity index (χ3v) is 3.69. The second kappa shape index (κ2) is 10.4. The molecule has 0 aliphatic rings. The Labute approximate surface area is 138 Å². The first-order chi connectivity index (χ1) is 10.9. The quantitative estimate of drug-likeness (QED) is 0.477. The first-order valence-corrected chi connectivity index (χ1v) is 8.36. The van der Waals surface area contributed by atoms with Crippen LogP contribution in [0.1, 0.15) is 17.5 Å². The molecular formula is C19H24ClNO. The van der Waals surface area contributed by atoms with Crippen LogP contribution in [0.2, 0.25) is 0 Å². The molecule has 118 valence electrons. The van der Waals surface area contributed by atoms with Crippen molar-refractivity contribution >= 4 is 11.6 Å². The molecule has 22 heavy (non-hydrogen) atoms. The summed E-state index contributed by atoms with van der Waals surface area (Å²) < 4.78 is 5.74. The minimum absolute atomic E-state index is 0.664. The molecule has 2 aromatic carbocycles. The number of ether oxygens (including phenoxy) is 1. The highest BCUT2D eigenvalue weighted by molar-refractivity contribution is 6.18. The lowest BCUT2D eigenvalue weighted by atomic mass is 10.2. The van der Waals surface area contributed by atoms with Crippen molar-refractivity contribution in [2.75, 3.05) is 25.6 Å². The number of halogens is 1. The van der Waals surface area contributed by atoms with Crippen LogP contribution in [0.4, 0.5) is 0 Å². The molecule has 0 aliphatic carbocycles. The molecule has 0 bridgehead atoms. The summed E-state index contributed by atoms with van der Waals surface area (Å²) in [6, 6.07) is 20.8. The van der Waals surface area contributed by atoms with Gasteiger partial charge in [-0.15, -0.1) is 11.6 Å². The number of benzene rings is 2. The first kappa shape index (κ1) is 17.0. The molecule has 3 heteroatoms. The fourth-order valence-corrected chi connectivity index (χ4v) is 2.62. The van der Waals surface area contributed by atoms with Gasteiger partial charge in [0.15, 0.2) is 0 Å². The molecule has 0 radical (unpaired) electrons. The molecule has 2 rings (SSSR count). The third-order valence-electron chi connectivity index (χ3n) is 3.52. The van der Waals surface area contributed by atoms with Gasteiger partial charge in [0.1, 0.15) is 0 Å². The van der Waals surface area contributed by atoms with Gasteiger partial charge in [0.2, 0.25) is 0 Å². The Hall–Kier alpha value is -1.35. The first-order valence-electron chi connectivity index (χ1n) is 7.82. The number of hydrogen-bond acceptors (Lipinski definition) is 2. The third kappa shape index (κ3) is 6.61. The van der Waals surface area contributed by atoms with E-state index in [2.05, 4.69) is 41.3 Å². The fraction of sp³-hybridized carbons (Fsp3) is 0.368. The lowest BCUT2D eigenvalue weighted by molar-refractivity contribution is 0.108. The number of rotatable bonds is 10. The van der Waals surface area contributed by atoms with Gasteiger partial charge in [-0.2, -0.15) is 0 Å². The number of alkyl halides is 1. The summed E-state index contributed by atoms with van der Waals surface area (Å²) in [5, 5.41) is 0. The van der Waals surface area contributed by atoms with Crippen molar-refractivity contribution in [3.63, 3.8) is 0 Å². The molecule has 0 atom stereocenters. The molecule has 0 spiro atoms. The van der Waals surface area contributed by atoms with E-state index in [1.165, 1.54) is 11.1 Å². The van der Waals surface area contributed by atoms with Gasteiger partial charge in [0.25, 0.3) is 0 Å². The van der Waals surface area contributed by atoms with Crippen LogP contribution >= 0.6 is 11.6 Å². The maximum Gasteiger partial charge on any atom is 0.0716 e. The van der Waals surface area contributed by atoms with E-state index in [-0.39, 0.29) is 0 Å². The Balaban J connectivity index is 1.66. The summed E-state index contributed by atoms with van der Waals surface area (Å²) in [5.74, 6) is 0.664. The summed E-state index contributed by atoms with van der Waals surface area (Å²) >= 11 is 5.91. The summed E-state index contributed by atoms with van der Waals surface area (Å²) in [6.45, 7) is 4.34. The van der Waals surface area contributed by atoms with Crippen molar-refractivity contribution in [1.82, 2.24) is 4.90 Å². The van der Waals surface area contributed by atoms with Crippen molar-refractivity contribution in [3.05, 3.63) is 71.8 Å². The molecule has 0 heterocycles. The number of nitrogens with zero attached hydrogens (tertiary/aromatic N) is 1. The van der Waals surface area contributed by atoms with Crippen molar-refractivity contribution in [1.29, 1.82) is 0 Å². The Kier molecular flexibility index (Phi) is 8.03. The van der Waals surface area contributed by atoms with Crippen molar-refractivity contribution in [2.24, 2.45) is 0 Å². The Morgan fingerprint density at radius 1 is 0.818 bits per heavy atom. The maximum atomic E-state index is 5.91. The Bertz CT molecular complexity index is 503. The normalized spacial score (nSPS) is 11.0.